The van der Waals surface area contributed by atoms with Gasteiger partial charge in [0, 0.05) is 13.6 Å². The summed E-state index contributed by atoms with van der Waals surface area (Å²) in [6.07, 6.45) is 0.570. The van der Waals surface area contributed by atoms with E-state index < -0.39 is 6.04 Å². The molecule has 2 aliphatic heterocycles. The Morgan fingerprint density at radius 2 is 1.85 bits per heavy atom. The molecule has 3 rings (SSSR count). The molecule has 0 saturated carbocycles. The first-order chi connectivity index (χ1) is 9.40. The van der Waals surface area contributed by atoms with E-state index in [0.717, 1.165) is 16.7 Å². The van der Waals surface area contributed by atoms with Crippen LogP contribution >= 0.6 is 0 Å². The maximum absolute atomic E-state index is 12.7. The third-order valence-electron chi connectivity index (χ3n) is 4.33. The Bertz CT molecular complexity index is 648. The van der Waals surface area contributed by atoms with Crippen LogP contribution in [0.25, 0.3) is 0 Å². The Hall–Kier alpha value is -2.10. The first kappa shape index (κ1) is 12.9. The number of aryl methyl sites for hydroxylation is 2. The maximum Gasteiger partial charge on any atom is 0.256 e. The van der Waals surface area contributed by atoms with E-state index in [2.05, 4.69) is 6.58 Å². The van der Waals surface area contributed by atoms with Crippen molar-refractivity contribution in [3.05, 3.63) is 41.0 Å². The molecule has 1 aromatic rings. The minimum Gasteiger partial charge on any atom is -0.322 e. The molecule has 2 heterocycles. The first-order valence-corrected chi connectivity index (χ1v) is 6.76. The lowest BCUT2D eigenvalue weighted by Crippen LogP contribution is -2.43. The van der Waals surface area contributed by atoms with Gasteiger partial charge in [-0.1, -0.05) is 12.2 Å². The Morgan fingerprint density at radius 3 is 2.55 bits per heavy atom. The van der Waals surface area contributed by atoms with E-state index in [9.17, 15) is 9.59 Å². The van der Waals surface area contributed by atoms with Crippen molar-refractivity contribution in [2.45, 2.75) is 26.3 Å². The number of likely N-dealkylation sites (N-methyl/N-ethyl adjacent to an activating group) is 1. The Labute approximate surface area is 118 Å². The third-order valence-corrected chi connectivity index (χ3v) is 4.33. The highest BCUT2D eigenvalue weighted by molar-refractivity contribution is 6.11. The van der Waals surface area contributed by atoms with Gasteiger partial charge in [0.25, 0.3) is 5.91 Å². The third kappa shape index (κ3) is 1.68. The van der Waals surface area contributed by atoms with E-state index in [1.54, 1.807) is 16.8 Å². The highest BCUT2D eigenvalue weighted by Crippen LogP contribution is 2.34. The number of hydrogen-bond acceptors (Lipinski definition) is 2. The summed E-state index contributed by atoms with van der Waals surface area (Å²) in [4.78, 5) is 28.6. The topological polar surface area (TPSA) is 40.6 Å². The molecule has 1 aromatic carbocycles. The van der Waals surface area contributed by atoms with Crippen molar-refractivity contribution in [1.82, 2.24) is 4.90 Å². The molecule has 0 aromatic heterocycles. The van der Waals surface area contributed by atoms with Crippen LogP contribution in [-0.4, -0.2) is 36.3 Å². The molecule has 0 N–H and O–H groups in total. The number of carbonyl (C=O) groups is 2. The molecular formula is C16H18N2O2. The predicted octanol–water partition coefficient (Wildman–Crippen LogP) is 2.05. The van der Waals surface area contributed by atoms with Crippen LogP contribution in [0.5, 0.6) is 0 Å². The zero-order valence-electron chi connectivity index (χ0n) is 12.1. The molecule has 104 valence electrons. The second-order valence-corrected chi connectivity index (χ2v) is 5.75. The lowest BCUT2D eigenvalue weighted by atomic mass is 10.0. The summed E-state index contributed by atoms with van der Waals surface area (Å²) in [6, 6.07) is 3.42. The molecule has 20 heavy (non-hydrogen) atoms. The first-order valence-electron chi connectivity index (χ1n) is 6.76. The van der Waals surface area contributed by atoms with E-state index in [4.69, 9.17) is 0 Å². The van der Waals surface area contributed by atoms with Gasteiger partial charge >= 0.3 is 0 Å². The molecule has 4 nitrogen and oxygen atoms in total. The maximum atomic E-state index is 12.7. The molecule has 0 radical (unpaired) electrons. The normalized spacial score (nSPS) is 21.9. The smallest absolute Gasteiger partial charge is 0.256 e. The van der Waals surface area contributed by atoms with Crippen LogP contribution in [0.15, 0.2) is 24.3 Å². The molecule has 2 aliphatic rings. The van der Waals surface area contributed by atoms with Crippen molar-refractivity contribution >= 4 is 17.5 Å². The van der Waals surface area contributed by atoms with Crippen molar-refractivity contribution in [3.8, 4) is 0 Å². The fourth-order valence-corrected chi connectivity index (χ4v) is 2.98. The summed E-state index contributed by atoms with van der Waals surface area (Å²) < 4.78 is 0. The fourth-order valence-electron chi connectivity index (χ4n) is 2.98. The summed E-state index contributed by atoms with van der Waals surface area (Å²) in [5.41, 5.74) is 4.42. The van der Waals surface area contributed by atoms with Crippen molar-refractivity contribution in [1.29, 1.82) is 0 Å². The van der Waals surface area contributed by atoms with Crippen molar-refractivity contribution in [3.63, 3.8) is 0 Å². The summed E-state index contributed by atoms with van der Waals surface area (Å²) in [6.45, 7) is 8.38. The quantitative estimate of drug-likeness (QED) is 0.677. The number of anilines is 1. The molecule has 1 unspecified atom stereocenters. The molecule has 4 heteroatoms. The zero-order chi connectivity index (χ0) is 14.6. The van der Waals surface area contributed by atoms with Gasteiger partial charge in [0.1, 0.15) is 6.04 Å². The van der Waals surface area contributed by atoms with Crippen LogP contribution in [0.4, 0.5) is 5.69 Å². The highest BCUT2D eigenvalue weighted by atomic mass is 16.2. The Balaban J connectivity index is 2.20. The summed E-state index contributed by atoms with van der Waals surface area (Å²) in [5.74, 6) is -0.0940. The van der Waals surface area contributed by atoms with Crippen LogP contribution in [0.2, 0.25) is 0 Å². The Kier molecular flexibility index (Phi) is 2.71. The second-order valence-electron chi connectivity index (χ2n) is 5.75. The van der Waals surface area contributed by atoms with Gasteiger partial charge in [-0.15, -0.1) is 0 Å². The van der Waals surface area contributed by atoms with Crippen molar-refractivity contribution in [2.75, 3.05) is 18.5 Å². The molecule has 0 bridgehead atoms. The number of nitrogens with zero attached hydrogens (tertiary/aromatic N) is 2. The van der Waals surface area contributed by atoms with Gasteiger partial charge in [0.15, 0.2) is 0 Å². The standard InChI is InChI=1S/C16H18N2O2/c1-9-5-14-16(20)17(4)13-7-11(3)10(2)6-12(13)15(19)18(14)8-9/h6-7,14H,1,5,8H2,2-4H3. The van der Waals surface area contributed by atoms with Gasteiger partial charge < -0.3 is 9.80 Å². The molecule has 1 atom stereocenters. The fraction of sp³-hybridized carbons (Fsp3) is 0.375. The molecule has 1 saturated heterocycles. The molecule has 1 fully saturated rings. The van der Waals surface area contributed by atoms with Gasteiger partial charge in [-0.25, -0.2) is 0 Å². The molecular weight excluding hydrogens is 252 g/mol. The van der Waals surface area contributed by atoms with Gasteiger partial charge in [-0.05, 0) is 43.5 Å². The van der Waals surface area contributed by atoms with Gasteiger partial charge in [0.2, 0.25) is 5.91 Å². The minimum atomic E-state index is -0.395. The van der Waals surface area contributed by atoms with E-state index >= 15 is 0 Å². The van der Waals surface area contributed by atoms with E-state index in [-0.39, 0.29) is 11.8 Å². The van der Waals surface area contributed by atoms with Crippen molar-refractivity contribution < 1.29 is 9.59 Å². The number of fused-ring (bicyclic) bond motifs is 2. The van der Waals surface area contributed by atoms with Crippen LogP contribution < -0.4 is 4.90 Å². The van der Waals surface area contributed by atoms with E-state index in [1.165, 1.54) is 0 Å². The SMILES string of the molecule is C=C1CC2C(=O)N(C)c3cc(C)c(C)cc3C(=O)N2C1. The number of rotatable bonds is 0. The Morgan fingerprint density at radius 1 is 1.20 bits per heavy atom. The predicted molar refractivity (Wildman–Crippen MR) is 77.9 cm³/mol. The summed E-state index contributed by atoms with van der Waals surface area (Å²) >= 11 is 0. The lowest BCUT2D eigenvalue weighted by molar-refractivity contribution is -0.121. The number of amides is 2. The summed E-state index contributed by atoms with van der Waals surface area (Å²) in [5, 5.41) is 0. The van der Waals surface area contributed by atoms with Crippen LogP contribution in [0.1, 0.15) is 27.9 Å². The van der Waals surface area contributed by atoms with Crippen LogP contribution in [-0.2, 0) is 4.79 Å². The second kappa shape index (κ2) is 4.20. The lowest BCUT2D eigenvalue weighted by Gasteiger charge is -2.22. The molecule has 2 amide bonds. The van der Waals surface area contributed by atoms with Crippen LogP contribution in [0, 0.1) is 13.8 Å². The number of benzene rings is 1. The molecule has 0 spiro atoms. The zero-order valence-corrected chi connectivity index (χ0v) is 12.1. The highest BCUT2D eigenvalue weighted by Gasteiger charge is 2.42. The van der Waals surface area contributed by atoms with E-state index in [0.29, 0.717) is 24.2 Å². The number of hydrogen-bond donors (Lipinski definition) is 0. The number of carbonyl (C=O) groups excluding carboxylic acids is 2. The molecule has 0 aliphatic carbocycles. The van der Waals surface area contributed by atoms with Gasteiger partial charge in [0.05, 0.1) is 11.3 Å². The van der Waals surface area contributed by atoms with Crippen LogP contribution in [0.3, 0.4) is 0 Å². The average Bonchev–Trinajstić information content (AvgIpc) is 2.78. The minimum absolute atomic E-state index is 0.0287. The largest absolute Gasteiger partial charge is 0.322 e. The van der Waals surface area contributed by atoms with E-state index in [1.807, 2.05) is 26.0 Å². The van der Waals surface area contributed by atoms with Gasteiger partial charge in [-0.2, -0.15) is 0 Å². The summed E-state index contributed by atoms with van der Waals surface area (Å²) in [7, 11) is 1.74. The van der Waals surface area contributed by atoms with Crippen molar-refractivity contribution in [2.24, 2.45) is 0 Å². The average molecular weight is 270 g/mol. The van der Waals surface area contributed by atoms with Gasteiger partial charge in [-0.3, -0.25) is 9.59 Å². The monoisotopic (exact) mass is 270 g/mol.